The van der Waals surface area contributed by atoms with E-state index in [4.69, 9.17) is 31.2 Å². The molecule has 0 spiro atoms. The Hall–Kier alpha value is -3.25. The fourth-order valence-electron chi connectivity index (χ4n) is 3.43. The lowest BCUT2D eigenvalue weighted by atomic mass is 9.83. The Bertz CT molecular complexity index is 1190. The second-order valence-corrected chi connectivity index (χ2v) is 7.38. The van der Waals surface area contributed by atoms with Crippen molar-refractivity contribution >= 4 is 28.5 Å². The zero-order valence-electron chi connectivity index (χ0n) is 15.8. The van der Waals surface area contributed by atoms with E-state index in [-0.39, 0.29) is 28.9 Å². The molecule has 1 aromatic heterocycles. The van der Waals surface area contributed by atoms with E-state index in [1.165, 1.54) is 0 Å². The van der Waals surface area contributed by atoms with Crippen LogP contribution in [0.15, 0.2) is 69.2 Å². The number of fused-ring (bicyclic) bond motifs is 3. The van der Waals surface area contributed by atoms with Crippen LogP contribution in [0, 0.1) is 0 Å². The van der Waals surface area contributed by atoms with Gasteiger partial charge in [0.1, 0.15) is 11.2 Å². The van der Waals surface area contributed by atoms with Crippen LogP contribution in [-0.4, -0.2) is 12.1 Å². The molecule has 2 N–H and O–H groups in total. The minimum absolute atomic E-state index is 0.0519. The Labute approximate surface area is 171 Å². The van der Waals surface area contributed by atoms with Crippen molar-refractivity contribution in [3.63, 3.8) is 0 Å². The molecule has 29 heavy (non-hydrogen) atoms. The maximum absolute atomic E-state index is 12.9. The normalized spacial score (nSPS) is 15.9. The fourth-order valence-corrected chi connectivity index (χ4v) is 3.56. The number of para-hydroxylation sites is 1. The highest BCUT2D eigenvalue weighted by atomic mass is 35.5. The van der Waals surface area contributed by atoms with Gasteiger partial charge in [-0.15, -0.1) is 0 Å². The van der Waals surface area contributed by atoms with Crippen molar-refractivity contribution in [1.82, 2.24) is 0 Å². The number of halogens is 1. The van der Waals surface area contributed by atoms with Crippen LogP contribution in [0.25, 0.3) is 11.0 Å². The van der Waals surface area contributed by atoms with Crippen molar-refractivity contribution in [3.05, 3.63) is 86.6 Å². The van der Waals surface area contributed by atoms with E-state index in [1.54, 1.807) is 62.4 Å². The molecule has 1 atom stereocenters. The summed E-state index contributed by atoms with van der Waals surface area (Å²) in [4.78, 5) is 25.8. The lowest BCUT2D eigenvalue weighted by Gasteiger charge is -2.28. The summed E-state index contributed by atoms with van der Waals surface area (Å²) in [6.45, 7) is 3.46. The molecule has 0 unspecified atom stereocenters. The number of hydrogen-bond acceptors (Lipinski definition) is 6. The number of carbonyl (C=O) groups excluding carboxylic acids is 1. The van der Waals surface area contributed by atoms with Gasteiger partial charge in [-0.25, -0.2) is 9.59 Å². The SMILES string of the molecule is CC(C)OC(=O)C1=C(N)Oc2c(c(=O)oc3ccccc23)[C@@H]1c1ccc(Cl)cc1. The largest absolute Gasteiger partial charge is 0.459 e. The number of esters is 1. The Morgan fingerprint density at radius 2 is 1.83 bits per heavy atom. The van der Waals surface area contributed by atoms with E-state index in [2.05, 4.69) is 0 Å². The first-order chi connectivity index (χ1) is 13.9. The van der Waals surface area contributed by atoms with Gasteiger partial charge in [-0.2, -0.15) is 0 Å². The van der Waals surface area contributed by atoms with Crippen LogP contribution in [0.3, 0.4) is 0 Å². The molecule has 4 rings (SSSR count). The Morgan fingerprint density at radius 3 is 2.52 bits per heavy atom. The minimum Gasteiger partial charge on any atom is -0.459 e. The van der Waals surface area contributed by atoms with Gasteiger partial charge in [-0.1, -0.05) is 35.9 Å². The number of rotatable bonds is 3. The van der Waals surface area contributed by atoms with Crippen molar-refractivity contribution in [1.29, 1.82) is 0 Å². The average molecular weight is 412 g/mol. The number of hydrogen-bond donors (Lipinski definition) is 1. The number of benzene rings is 2. The van der Waals surface area contributed by atoms with Crippen LogP contribution in [-0.2, 0) is 9.53 Å². The van der Waals surface area contributed by atoms with Gasteiger partial charge in [-0.3, -0.25) is 0 Å². The van der Waals surface area contributed by atoms with E-state index in [9.17, 15) is 9.59 Å². The number of nitrogens with two attached hydrogens (primary N) is 1. The van der Waals surface area contributed by atoms with Crippen molar-refractivity contribution in [2.24, 2.45) is 5.73 Å². The van der Waals surface area contributed by atoms with Crippen LogP contribution in [0.5, 0.6) is 5.75 Å². The van der Waals surface area contributed by atoms with Crippen LogP contribution in [0.2, 0.25) is 5.02 Å². The monoisotopic (exact) mass is 411 g/mol. The third-order valence-electron chi connectivity index (χ3n) is 4.62. The second kappa shape index (κ2) is 7.29. The molecule has 0 radical (unpaired) electrons. The predicted octanol–water partition coefficient (Wildman–Crippen LogP) is 4.09. The van der Waals surface area contributed by atoms with Crippen LogP contribution >= 0.6 is 11.6 Å². The summed E-state index contributed by atoms with van der Waals surface area (Å²) in [6.07, 6.45) is -0.372. The molecule has 7 heteroatoms. The van der Waals surface area contributed by atoms with E-state index in [0.717, 1.165) is 0 Å². The van der Waals surface area contributed by atoms with Crippen molar-refractivity contribution < 1.29 is 18.7 Å². The smallest absolute Gasteiger partial charge is 0.344 e. The highest BCUT2D eigenvalue weighted by Gasteiger charge is 2.39. The summed E-state index contributed by atoms with van der Waals surface area (Å²) < 4.78 is 16.7. The zero-order chi connectivity index (χ0) is 20.7. The van der Waals surface area contributed by atoms with Gasteiger partial charge in [0.25, 0.3) is 0 Å². The summed E-state index contributed by atoms with van der Waals surface area (Å²) >= 11 is 6.02. The second-order valence-electron chi connectivity index (χ2n) is 6.95. The molecule has 148 valence electrons. The fraction of sp³-hybridized carbons (Fsp3) is 0.182. The van der Waals surface area contributed by atoms with E-state index >= 15 is 0 Å². The predicted molar refractivity (Wildman–Crippen MR) is 109 cm³/mol. The lowest BCUT2D eigenvalue weighted by Crippen LogP contribution is -2.31. The summed E-state index contributed by atoms with van der Waals surface area (Å²) in [5, 5.41) is 1.11. The summed E-state index contributed by atoms with van der Waals surface area (Å²) in [5.41, 5.74) is 6.81. The lowest BCUT2D eigenvalue weighted by molar-refractivity contribution is -0.143. The average Bonchev–Trinajstić information content (AvgIpc) is 2.67. The summed E-state index contributed by atoms with van der Waals surface area (Å²) in [7, 11) is 0. The molecule has 0 bridgehead atoms. The van der Waals surface area contributed by atoms with Crippen LogP contribution in [0.1, 0.15) is 30.9 Å². The van der Waals surface area contributed by atoms with Gasteiger partial charge in [0.05, 0.1) is 23.0 Å². The van der Waals surface area contributed by atoms with Gasteiger partial charge < -0.3 is 19.6 Å². The molecular weight excluding hydrogens is 394 g/mol. The third-order valence-corrected chi connectivity index (χ3v) is 4.87. The number of ether oxygens (including phenoxy) is 2. The first kappa shape index (κ1) is 19.1. The molecule has 3 aromatic rings. The Morgan fingerprint density at radius 1 is 1.14 bits per heavy atom. The molecule has 2 aromatic carbocycles. The zero-order valence-corrected chi connectivity index (χ0v) is 16.5. The van der Waals surface area contributed by atoms with Gasteiger partial charge in [0.15, 0.2) is 5.75 Å². The topological polar surface area (TPSA) is 91.8 Å². The summed E-state index contributed by atoms with van der Waals surface area (Å²) in [5.74, 6) is -1.31. The van der Waals surface area contributed by atoms with Gasteiger partial charge >= 0.3 is 11.6 Å². The molecule has 0 aliphatic carbocycles. The molecule has 0 amide bonds. The van der Waals surface area contributed by atoms with Crippen LogP contribution < -0.4 is 16.1 Å². The molecule has 0 saturated carbocycles. The van der Waals surface area contributed by atoms with Gasteiger partial charge in [0, 0.05) is 5.02 Å². The van der Waals surface area contributed by atoms with Crippen LogP contribution in [0.4, 0.5) is 0 Å². The Kier molecular flexibility index (Phi) is 4.80. The highest BCUT2D eigenvalue weighted by Crippen LogP contribution is 2.44. The van der Waals surface area contributed by atoms with Crippen molar-refractivity contribution in [2.75, 3.05) is 0 Å². The first-order valence-corrected chi connectivity index (χ1v) is 9.44. The summed E-state index contributed by atoms with van der Waals surface area (Å²) in [6, 6.07) is 13.8. The number of carbonyl (C=O) groups is 1. The molecule has 0 fully saturated rings. The minimum atomic E-state index is -0.817. The van der Waals surface area contributed by atoms with E-state index < -0.39 is 17.5 Å². The third kappa shape index (κ3) is 3.36. The van der Waals surface area contributed by atoms with E-state index in [0.29, 0.717) is 21.6 Å². The maximum atomic E-state index is 12.9. The quantitative estimate of drug-likeness (QED) is 0.515. The van der Waals surface area contributed by atoms with E-state index in [1.807, 2.05) is 0 Å². The molecular formula is C22H18ClNO5. The Balaban J connectivity index is 2.01. The maximum Gasteiger partial charge on any atom is 0.344 e. The molecule has 2 heterocycles. The highest BCUT2D eigenvalue weighted by molar-refractivity contribution is 6.30. The van der Waals surface area contributed by atoms with Gasteiger partial charge in [0.2, 0.25) is 5.88 Å². The standard InChI is InChI=1S/C22H18ClNO5/c1-11(2)27-22(26)18-16(12-7-9-13(23)10-8-12)17-19(29-20(18)24)14-5-3-4-6-15(14)28-21(17)25/h3-11,16H,24H2,1-2H3/t16-/m0/s1. The first-order valence-electron chi connectivity index (χ1n) is 9.06. The molecule has 6 nitrogen and oxygen atoms in total. The van der Waals surface area contributed by atoms with Gasteiger partial charge in [-0.05, 0) is 43.7 Å². The molecule has 1 aliphatic rings. The van der Waals surface area contributed by atoms with Crippen molar-refractivity contribution in [3.8, 4) is 5.75 Å². The van der Waals surface area contributed by atoms with Crippen molar-refractivity contribution in [2.45, 2.75) is 25.9 Å². The molecule has 1 aliphatic heterocycles. The molecule has 0 saturated heterocycles.